The molecular weight excluding hydrogens is 208 g/mol. The first-order valence-corrected chi connectivity index (χ1v) is 5.51. The average molecular weight is 230 g/mol. The molecule has 0 aromatic heterocycles. The van der Waals surface area contributed by atoms with E-state index in [0.29, 0.717) is 19.4 Å². The van der Waals surface area contributed by atoms with Crippen LogP contribution in [0.4, 0.5) is 0 Å². The molecule has 1 atom stereocenters. The van der Waals surface area contributed by atoms with Gasteiger partial charge in [-0.25, -0.2) is 0 Å². The predicted octanol–water partition coefficient (Wildman–Crippen LogP) is 0.731. The summed E-state index contributed by atoms with van der Waals surface area (Å²) < 4.78 is 0. The van der Waals surface area contributed by atoms with E-state index < -0.39 is 12.0 Å². The normalized spacial score (nSPS) is 13.2. The number of nitrogens with two attached hydrogens (primary N) is 1. The highest BCUT2D eigenvalue weighted by Crippen LogP contribution is 2.25. The van der Waals surface area contributed by atoms with Crippen molar-refractivity contribution in [3.05, 3.63) is 0 Å². The maximum absolute atomic E-state index is 11.4. The van der Waals surface area contributed by atoms with Gasteiger partial charge in [0.05, 0.1) is 0 Å². The first-order valence-electron chi connectivity index (χ1n) is 5.51. The molecule has 1 amide bonds. The summed E-state index contributed by atoms with van der Waals surface area (Å²) in [5.74, 6) is -1.24. The van der Waals surface area contributed by atoms with Crippen molar-refractivity contribution in [3.8, 4) is 0 Å². The zero-order valence-corrected chi connectivity index (χ0v) is 10.2. The van der Waals surface area contributed by atoms with Crippen LogP contribution >= 0.6 is 0 Å². The Morgan fingerprint density at radius 3 is 2.38 bits per heavy atom. The van der Waals surface area contributed by atoms with E-state index in [1.165, 1.54) is 6.92 Å². The Kier molecular flexibility index (Phi) is 6.03. The number of amides is 1. The molecule has 5 nitrogen and oxygen atoms in total. The fraction of sp³-hybridized carbons (Fsp3) is 0.818. The minimum Gasteiger partial charge on any atom is -0.480 e. The van der Waals surface area contributed by atoms with Gasteiger partial charge in [0.25, 0.3) is 0 Å². The smallest absolute Gasteiger partial charge is 0.325 e. The topological polar surface area (TPSA) is 92.4 Å². The number of hydrogen-bond acceptors (Lipinski definition) is 3. The lowest BCUT2D eigenvalue weighted by atomic mass is 9.84. The van der Waals surface area contributed by atoms with Crippen LogP contribution in [-0.4, -0.2) is 29.6 Å². The predicted molar refractivity (Wildman–Crippen MR) is 61.9 cm³/mol. The molecule has 0 saturated carbocycles. The summed E-state index contributed by atoms with van der Waals surface area (Å²) >= 11 is 0. The van der Waals surface area contributed by atoms with Gasteiger partial charge in [-0.3, -0.25) is 9.59 Å². The van der Waals surface area contributed by atoms with Gasteiger partial charge in [-0.15, -0.1) is 0 Å². The van der Waals surface area contributed by atoms with Crippen LogP contribution < -0.4 is 11.1 Å². The van der Waals surface area contributed by atoms with Crippen molar-refractivity contribution < 1.29 is 14.7 Å². The van der Waals surface area contributed by atoms with Crippen LogP contribution in [-0.2, 0) is 9.59 Å². The molecule has 0 saturated heterocycles. The van der Waals surface area contributed by atoms with E-state index >= 15 is 0 Å². The third-order valence-corrected chi connectivity index (χ3v) is 2.60. The van der Waals surface area contributed by atoms with Crippen molar-refractivity contribution in [2.75, 3.05) is 6.54 Å². The summed E-state index contributed by atoms with van der Waals surface area (Å²) in [6.07, 6.45) is 1.90. The van der Waals surface area contributed by atoms with Crippen LogP contribution in [0, 0.1) is 5.41 Å². The summed E-state index contributed by atoms with van der Waals surface area (Å²) in [5, 5.41) is 11.0. The molecule has 0 aliphatic carbocycles. The minimum atomic E-state index is -1.02. The lowest BCUT2D eigenvalue weighted by Crippen LogP contribution is -2.38. The van der Waals surface area contributed by atoms with E-state index in [0.717, 1.165) is 6.42 Å². The lowest BCUT2D eigenvalue weighted by molar-refractivity contribution is -0.141. The van der Waals surface area contributed by atoms with E-state index in [1.807, 2.05) is 13.8 Å². The molecule has 0 bridgehead atoms. The van der Waals surface area contributed by atoms with Gasteiger partial charge in [0.1, 0.15) is 6.04 Å². The summed E-state index contributed by atoms with van der Waals surface area (Å²) in [6.45, 7) is 6.15. The van der Waals surface area contributed by atoms with Gasteiger partial charge in [0.15, 0.2) is 0 Å². The second-order valence-corrected chi connectivity index (χ2v) is 4.83. The van der Waals surface area contributed by atoms with Crippen molar-refractivity contribution in [2.24, 2.45) is 11.1 Å². The molecule has 94 valence electrons. The minimum absolute atomic E-state index is 0.0263. The standard InChI is InChI=1S/C11H22N2O3/c1-8(10(15)16)13-9(14)4-5-11(2,3)6-7-12/h8H,4-7,12H2,1-3H3,(H,13,14)(H,15,16)/t8-/m1/s1. The first-order chi connectivity index (χ1) is 7.28. The van der Waals surface area contributed by atoms with E-state index in [-0.39, 0.29) is 11.3 Å². The highest BCUT2D eigenvalue weighted by molar-refractivity contribution is 5.83. The summed E-state index contributed by atoms with van der Waals surface area (Å²) in [4.78, 5) is 21.9. The summed E-state index contributed by atoms with van der Waals surface area (Å²) in [5.41, 5.74) is 5.49. The van der Waals surface area contributed by atoms with Gasteiger partial charge in [0.2, 0.25) is 5.91 Å². The Morgan fingerprint density at radius 1 is 1.38 bits per heavy atom. The molecule has 4 N–H and O–H groups in total. The molecule has 0 fully saturated rings. The van der Waals surface area contributed by atoms with Crippen molar-refractivity contribution in [1.82, 2.24) is 5.32 Å². The number of aliphatic carboxylic acids is 1. The monoisotopic (exact) mass is 230 g/mol. The second-order valence-electron chi connectivity index (χ2n) is 4.83. The third kappa shape index (κ3) is 6.40. The van der Waals surface area contributed by atoms with Gasteiger partial charge < -0.3 is 16.2 Å². The van der Waals surface area contributed by atoms with Gasteiger partial charge in [-0.1, -0.05) is 13.8 Å². The summed E-state index contributed by atoms with van der Waals surface area (Å²) in [7, 11) is 0. The van der Waals surface area contributed by atoms with Crippen molar-refractivity contribution in [1.29, 1.82) is 0 Å². The van der Waals surface area contributed by atoms with Crippen LogP contribution in [0.1, 0.15) is 40.0 Å². The molecule has 0 aromatic carbocycles. The van der Waals surface area contributed by atoms with Crippen molar-refractivity contribution in [2.45, 2.75) is 46.1 Å². The zero-order valence-electron chi connectivity index (χ0n) is 10.2. The zero-order chi connectivity index (χ0) is 12.8. The van der Waals surface area contributed by atoms with Gasteiger partial charge in [-0.2, -0.15) is 0 Å². The number of carbonyl (C=O) groups is 2. The van der Waals surface area contributed by atoms with Crippen molar-refractivity contribution in [3.63, 3.8) is 0 Å². The van der Waals surface area contributed by atoms with Gasteiger partial charge in [-0.05, 0) is 31.7 Å². The Hall–Kier alpha value is -1.10. The number of nitrogens with one attached hydrogen (secondary N) is 1. The molecule has 0 aliphatic heterocycles. The molecule has 0 spiro atoms. The highest BCUT2D eigenvalue weighted by atomic mass is 16.4. The molecule has 0 rings (SSSR count). The molecule has 0 heterocycles. The number of carboxylic acids is 1. The Balaban J connectivity index is 3.94. The maximum Gasteiger partial charge on any atom is 0.325 e. The van der Waals surface area contributed by atoms with Crippen LogP contribution in [0.25, 0.3) is 0 Å². The quantitative estimate of drug-likeness (QED) is 0.601. The molecule has 0 radical (unpaired) electrons. The number of carboxylic acid groups (broad SMARTS) is 1. The molecule has 0 aliphatic rings. The molecule has 0 unspecified atom stereocenters. The van der Waals surface area contributed by atoms with Gasteiger partial charge >= 0.3 is 5.97 Å². The fourth-order valence-electron chi connectivity index (χ4n) is 1.34. The fourth-order valence-corrected chi connectivity index (χ4v) is 1.34. The Labute approximate surface area is 96.4 Å². The third-order valence-electron chi connectivity index (χ3n) is 2.60. The Morgan fingerprint density at radius 2 is 1.94 bits per heavy atom. The Bertz CT molecular complexity index is 252. The van der Waals surface area contributed by atoms with Crippen LogP contribution in [0.3, 0.4) is 0 Å². The van der Waals surface area contributed by atoms with Crippen LogP contribution in [0.15, 0.2) is 0 Å². The van der Waals surface area contributed by atoms with Crippen LogP contribution in [0.5, 0.6) is 0 Å². The van der Waals surface area contributed by atoms with Gasteiger partial charge in [0, 0.05) is 6.42 Å². The van der Waals surface area contributed by atoms with E-state index in [2.05, 4.69) is 5.32 Å². The maximum atomic E-state index is 11.4. The molecule has 0 aromatic rings. The second kappa shape index (κ2) is 6.48. The number of carbonyl (C=O) groups excluding carboxylic acids is 1. The summed E-state index contributed by atoms with van der Waals surface area (Å²) in [6, 6.07) is -0.829. The molecule has 16 heavy (non-hydrogen) atoms. The number of hydrogen-bond donors (Lipinski definition) is 3. The first kappa shape index (κ1) is 14.9. The van der Waals surface area contributed by atoms with E-state index in [1.54, 1.807) is 0 Å². The number of rotatable bonds is 7. The van der Waals surface area contributed by atoms with Crippen molar-refractivity contribution >= 4 is 11.9 Å². The SMILES string of the molecule is C[C@@H](NC(=O)CCC(C)(C)CCN)C(=O)O. The average Bonchev–Trinajstić information content (AvgIpc) is 2.14. The van der Waals surface area contributed by atoms with Crippen LogP contribution in [0.2, 0.25) is 0 Å². The molecular formula is C11H22N2O3. The van der Waals surface area contributed by atoms with E-state index in [9.17, 15) is 9.59 Å². The lowest BCUT2D eigenvalue weighted by Gasteiger charge is -2.23. The van der Waals surface area contributed by atoms with E-state index in [4.69, 9.17) is 10.8 Å². The largest absolute Gasteiger partial charge is 0.480 e. The molecule has 5 heteroatoms. The highest BCUT2D eigenvalue weighted by Gasteiger charge is 2.20.